The zero-order valence-corrected chi connectivity index (χ0v) is 22.2. The summed E-state index contributed by atoms with van der Waals surface area (Å²) in [5.74, 6) is -3.12. The van der Waals surface area contributed by atoms with Gasteiger partial charge < -0.3 is 10.0 Å². The van der Waals surface area contributed by atoms with Gasteiger partial charge >= 0.3 is 12.1 Å². The monoisotopic (exact) mass is 592 g/mol. The van der Waals surface area contributed by atoms with Crippen LogP contribution in [0.3, 0.4) is 0 Å². The lowest BCUT2D eigenvalue weighted by Gasteiger charge is -2.29. The van der Waals surface area contributed by atoms with E-state index in [1.165, 1.54) is 28.6 Å². The van der Waals surface area contributed by atoms with E-state index in [-0.39, 0.29) is 28.1 Å². The summed E-state index contributed by atoms with van der Waals surface area (Å²) >= 11 is 1.28. The van der Waals surface area contributed by atoms with Crippen molar-refractivity contribution >= 4 is 32.8 Å². The minimum absolute atomic E-state index is 0.0375. The molecule has 0 bridgehead atoms. The summed E-state index contributed by atoms with van der Waals surface area (Å²) in [4.78, 5) is 21.0. The highest BCUT2D eigenvalue weighted by atomic mass is 32.2. The minimum atomic E-state index is -5.08. The van der Waals surface area contributed by atoms with Crippen LogP contribution in [0.25, 0.3) is 0 Å². The second-order valence-corrected chi connectivity index (χ2v) is 11.4. The Morgan fingerprint density at radius 2 is 1.90 bits per heavy atom. The molecule has 1 aliphatic heterocycles. The van der Waals surface area contributed by atoms with Gasteiger partial charge in [0.15, 0.2) is 5.03 Å². The number of rotatable bonds is 8. The molecule has 15 heteroatoms. The first-order valence-corrected chi connectivity index (χ1v) is 14.0. The Hall–Kier alpha value is -3.17. The number of sulfone groups is 1. The highest BCUT2D eigenvalue weighted by Gasteiger charge is 2.38. The van der Waals surface area contributed by atoms with E-state index in [2.05, 4.69) is 27.0 Å². The predicted molar refractivity (Wildman–Crippen MR) is 134 cm³/mol. The number of likely N-dealkylation sites (N-methyl/N-ethyl adjacent to an activating group) is 1. The number of aliphatic carboxylic acids is 1. The molecule has 1 N–H and O–H groups in total. The number of anilines is 1. The number of hydrogen-bond acceptors (Lipinski definition) is 8. The first-order valence-electron chi connectivity index (χ1n) is 11.4. The molecule has 3 heterocycles. The second-order valence-electron chi connectivity index (χ2n) is 8.70. The summed E-state index contributed by atoms with van der Waals surface area (Å²) in [7, 11) is -2.10. The van der Waals surface area contributed by atoms with Crippen molar-refractivity contribution in [3.63, 3.8) is 0 Å². The normalized spacial score (nSPS) is 16.1. The molecule has 1 atom stereocenters. The largest absolute Gasteiger partial charge is 0.490 e. The van der Waals surface area contributed by atoms with Crippen LogP contribution < -0.4 is 4.90 Å². The van der Waals surface area contributed by atoms with E-state index in [0.717, 1.165) is 32.1 Å². The number of hydrogen-bond donors (Lipinski definition) is 1. The van der Waals surface area contributed by atoms with Crippen LogP contribution in [-0.2, 0) is 26.9 Å². The molecule has 39 heavy (non-hydrogen) atoms. The van der Waals surface area contributed by atoms with Crippen LogP contribution in [0.15, 0.2) is 58.5 Å². The van der Waals surface area contributed by atoms with E-state index in [4.69, 9.17) is 9.90 Å². The van der Waals surface area contributed by atoms with Gasteiger partial charge in [-0.25, -0.2) is 32.0 Å². The number of halogens is 5. The molecule has 0 spiro atoms. The van der Waals surface area contributed by atoms with E-state index >= 15 is 0 Å². The number of benzene rings is 1. The Bertz CT molecular complexity index is 1340. The first kappa shape index (κ1) is 30.4. The van der Waals surface area contributed by atoms with Gasteiger partial charge in [0.1, 0.15) is 0 Å². The molecule has 4 rings (SSSR count). The molecule has 1 saturated heterocycles. The highest BCUT2D eigenvalue weighted by molar-refractivity contribution is 7.90. The Labute approximate surface area is 225 Å². The van der Waals surface area contributed by atoms with Crippen molar-refractivity contribution in [2.45, 2.75) is 42.4 Å². The molecule has 1 aliphatic rings. The zero-order valence-electron chi connectivity index (χ0n) is 20.6. The van der Waals surface area contributed by atoms with Crippen LogP contribution in [0, 0.1) is 0 Å². The molecule has 0 amide bonds. The van der Waals surface area contributed by atoms with Crippen molar-refractivity contribution in [3.05, 3.63) is 70.3 Å². The molecule has 3 aromatic rings. The predicted octanol–water partition coefficient (Wildman–Crippen LogP) is 4.79. The fourth-order valence-corrected chi connectivity index (χ4v) is 5.85. The lowest BCUT2D eigenvalue weighted by molar-refractivity contribution is -0.192. The number of carboxylic acids is 1. The quantitative estimate of drug-likeness (QED) is 0.373. The fourth-order valence-electron chi connectivity index (χ4n) is 3.97. The van der Waals surface area contributed by atoms with Crippen molar-refractivity contribution in [1.29, 1.82) is 0 Å². The van der Waals surface area contributed by atoms with Gasteiger partial charge in [-0.3, -0.25) is 4.90 Å². The number of carbonyl (C=O) groups is 1. The Morgan fingerprint density at radius 1 is 1.23 bits per heavy atom. The van der Waals surface area contributed by atoms with Gasteiger partial charge in [0.25, 0.3) is 6.43 Å². The Kier molecular flexibility index (Phi) is 9.96. The third kappa shape index (κ3) is 8.41. The molecule has 0 radical (unpaired) electrons. The van der Waals surface area contributed by atoms with Crippen molar-refractivity contribution in [2.24, 2.45) is 0 Å². The van der Waals surface area contributed by atoms with E-state index in [1.807, 2.05) is 18.2 Å². The van der Waals surface area contributed by atoms with Gasteiger partial charge in [0.2, 0.25) is 9.84 Å². The molecule has 0 saturated carbocycles. The van der Waals surface area contributed by atoms with E-state index in [1.54, 1.807) is 17.3 Å². The highest BCUT2D eigenvalue weighted by Crippen LogP contribution is 2.33. The number of carboxylic acid groups (broad SMARTS) is 1. The first-order chi connectivity index (χ1) is 18.3. The number of pyridine rings is 1. The van der Waals surface area contributed by atoms with Crippen molar-refractivity contribution in [3.8, 4) is 0 Å². The van der Waals surface area contributed by atoms with E-state index < -0.39 is 28.4 Å². The molecule has 0 aliphatic carbocycles. The summed E-state index contributed by atoms with van der Waals surface area (Å²) in [6, 6.07) is 11.2. The second kappa shape index (κ2) is 12.8. The lowest BCUT2D eigenvalue weighted by Crippen LogP contribution is -2.35. The van der Waals surface area contributed by atoms with Gasteiger partial charge in [-0.15, -0.1) is 11.3 Å². The Balaban J connectivity index is 0.000000532. The maximum Gasteiger partial charge on any atom is 0.490 e. The summed E-state index contributed by atoms with van der Waals surface area (Å²) in [5.41, 5.74) is 3.06. The fraction of sp³-hybridized carbons (Fsp3) is 0.375. The summed E-state index contributed by atoms with van der Waals surface area (Å²) in [6.45, 7) is 2.40. The van der Waals surface area contributed by atoms with Gasteiger partial charge in [-0.05, 0) is 18.1 Å². The van der Waals surface area contributed by atoms with Crippen LogP contribution in [0.1, 0.15) is 29.7 Å². The van der Waals surface area contributed by atoms with Crippen LogP contribution in [0.4, 0.5) is 27.6 Å². The summed E-state index contributed by atoms with van der Waals surface area (Å²) in [5, 5.41) is 8.39. The average Bonchev–Trinajstić information content (AvgIpc) is 3.55. The third-order valence-corrected chi connectivity index (χ3v) is 8.10. The standard InChI is InChI=1S/C22H24F2N4O2S2.C2HF3O2/c1-27(18-7-8-28(12-18)11-16-5-3-2-4-6-16)20-10-25-21(9-19(20)22(23)24)32(29,30)14-17-13-31-15-26-17;3-2(4,5)1(6)7/h2-6,9-10,13,15,18,22H,7-8,11-12,14H2,1H3;(H,6,7)/t18-;/m0./s1. The van der Waals surface area contributed by atoms with E-state index in [9.17, 15) is 30.4 Å². The molecule has 1 aromatic carbocycles. The number of nitrogens with zero attached hydrogens (tertiary/aromatic N) is 4. The lowest BCUT2D eigenvalue weighted by atomic mass is 10.1. The smallest absolute Gasteiger partial charge is 0.475 e. The van der Waals surface area contributed by atoms with Crippen LogP contribution in [-0.4, -0.2) is 66.7 Å². The third-order valence-electron chi connectivity index (χ3n) is 5.93. The number of thiazole rings is 1. The van der Waals surface area contributed by atoms with Crippen molar-refractivity contribution in [1.82, 2.24) is 14.9 Å². The Morgan fingerprint density at radius 3 is 2.46 bits per heavy atom. The minimum Gasteiger partial charge on any atom is -0.475 e. The van der Waals surface area contributed by atoms with Crippen LogP contribution in [0.2, 0.25) is 0 Å². The van der Waals surface area contributed by atoms with Crippen molar-refractivity contribution < 1.29 is 40.3 Å². The summed E-state index contributed by atoms with van der Waals surface area (Å²) in [6.07, 6.45) is -5.81. The molecule has 8 nitrogen and oxygen atoms in total. The molecular formula is C24H25F5N4O4S2. The van der Waals surface area contributed by atoms with Gasteiger partial charge in [-0.1, -0.05) is 30.3 Å². The summed E-state index contributed by atoms with van der Waals surface area (Å²) < 4.78 is 84.9. The maximum absolute atomic E-state index is 13.9. The molecule has 2 aromatic heterocycles. The molecule has 0 unspecified atom stereocenters. The van der Waals surface area contributed by atoms with Crippen LogP contribution >= 0.6 is 11.3 Å². The van der Waals surface area contributed by atoms with Gasteiger partial charge in [0, 0.05) is 43.7 Å². The van der Waals surface area contributed by atoms with Gasteiger partial charge in [-0.2, -0.15) is 13.2 Å². The average molecular weight is 593 g/mol. The van der Waals surface area contributed by atoms with Crippen molar-refractivity contribution in [2.75, 3.05) is 25.0 Å². The van der Waals surface area contributed by atoms with E-state index in [0.29, 0.717) is 5.69 Å². The maximum atomic E-state index is 13.9. The molecule has 212 valence electrons. The van der Waals surface area contributed by atoms with Gasteiger partial charge in [0.05, 0.1) is 28.8 Å². The number of likely N-dealkylation sites (tertiary alicyclic amines) is 1. The zero-order chi connectivity index (χ0) is 28.8. The topological polar surface area (TPSA) is 104 Å². The van der Waals surface area contributed by atoms with Crippen LogP contribution in [0.5, 0.6) is 0 Å². The number of aromatic nitrogens is 2. The SMILES string of the molecule is CN(c1cnc(S(=O)(=O)Cc2cscn2)cc1C(F)F)[C@H]1CCN(Cc2ccccc2)C1.O=C(O)C(F)(F)F. The molecule has 1 fully saturated rings. The molecular weight excluding hydrogens is 567 g/mol. The number of alkyl halides is 5.